The van der Waals surface area contributed by atoms with Gasteiger partial charge in [-0.1, -0.05) is 6.92 Å². The van der Waals surface area contributed by atoms with Gasteiger partial charge in [0.2, 0.25) is 5.91 Å². The molecule has 0 bridgehead atoms. The lowest BCUT2D eigenvalue weighted by atomic mass is 9.86. The molecular formula is C12H22N2O. The molecule has 86 valence electrons. The lowest BCUT2D eigenvalue weighted by Crippen LogP contribution is -2.52. The van der Waals surface area contributed by atoms with Gasteiger partial charge in [0.1, 0.15) is 0 Å². The summed E-state index contributed by atoms with van der Waals surface area (Å²) in [5.41, 5.74) is 0. The third kappa shape index (κ3) is 2.51. The van der Waals surface area contributed by atoms with Crippen molar-refractivity contribution in [3.05, 3.63) is 0 Å². The molecule has 1 amide bonds. The van der Waals surface area contributed by atoms with Gasteiger partial charge >= 0.3 is 0 Å². The number of likely N-dealkylation sites (N-methyl/N-ethyl adjacent to an activating group) is 1. The number of piperazine rings is 1. The molecule has 0 unspecified atom stereocenters. The summed E-state index contributed by atoms with van der Waals surface area (Å²) in [4.78, 5) is 15.8. The molecule has 1 saturated carbocycles. The topological polar surface area (TPSA) is 23.6 Å². The number of carbonyl (C=O) groups is 1. The maximum absolute atomic E-state index is 11.6. The van der Waals surface area contributed by atoms with E-state index in [9.17, 15) is 4.79 Å². The summed E-state index contributed by atoms with van der Waals surface area (Å²) in [6.45, 7) is 4.97. The van der Waals surface area contributed by atoms with E-state index in [1.54, 1.807) is 0 Å². The largest absolute Gasteiger partial charge is 0.343 e. The van der Waals surface area contributed by atoms with Gasteiger partial charge < -0.3 is 4.90 Å². The van der Waals surface area contributed by atoms with Crippen LogP contribution in [0.5, 0.6) is 0 Å². The Morgan fingerprint density at radius 1 is 1.13 bits per heavy atom. The van der Waals surface area contributed by atoms with Gasteiger partial charge in [0, 0.05) is 26.2 Å². The van der Waals surface area contributed by atoms with E-state index in [0.29, 0.717) is 18.5 Å². The van der Waals surface area contributed by atoms with Crippen LogP contribution in [0.4, 0.5) is 0 Å². The smallest absolute Gasteiger partial charge is 0.236 e. The maximum Gasteiger partial charge on any atom is 0.236 e. The van der Waals surface area contributed by atoms with Crippen LogP contribution >= 0.6 is 0 Å². The summed E-state index contributed by atoms with van der Waals surface area (Å²) in [6, 6.07) is 0.679. The molecule has 1 aliphatic heterocycles. The highest BCUT2D eigenvalue weighted by Gasteiger charge is 2.29. The van der Waals surface area contributed by atoms with Gasteiger partial charge in [0.15, 0.2) is 0 Å². The molecule has 0 radical (unpaired) electrons. The molecule has 0 aromatic heterocycles. The molecule has 2 fully saturated rings. The van der Waals surface area contributed by atoms with E-state index < -0.39 is 0 Å². The molecule has 3 nitrogen and oxygen atoms in total. The molecule has 1 heterocycles. The zero-order chi connectivity index (χ0) is 10.8. The Morgan fingerprint density at radius 2 is 1.80 bits per heavy atom. The molecule has 0 atom stereocenters. The minimum atomic E-state index is 0.292. The number of nitrogens with zero attached hydrogens (tertiary/aromatic N) is 2. The second kappa shape index (κ2) is 4.52. The van der Waals surface area contributed by atoms with Crippen molar-refractivity contribution >= 4 is 5.91 Å². The average Bonchev–Trinajstić information content (AvgIpc) is 2.23. The van der Waals surface area contributed by atoms with E-state index >= 15 is 0 Å². The molecule has 2 aliphatic rings. The fourth-order valence-electron chi connectivity index (χ4n) is 2.70. The third-order valence-corrected chi connectivity index (χ3v) is 3.99. The molecule has 0 spiro atoms. The van der Waals surface area contributed by atoms with Crippen molar-refractivity contribution in [2.24, 2.45) is 5.92 Å². The quantitative estimate of drug-likeness (QED) is 0.652. The van der Waals surface area contributed by atoms with Crippen LogP contribution in [-0.2, 0) is 4.79 Å². The average molecular weight is 210 g/mol. The summed E-state index contributed by atoms with van der Waals surface area (Å²) in [6.07, 6.45) is 5.26. The summed E-state index contributed by atoms with van der Waals surface area (Å²) >= 11 is 0. The second-order valence-electron chi connectivity index (χ2n) is 5.20. The molecule has 0 aromatic carbocycles. The monoisotopic (exact) mass is 210 g/mol. The number of hydrogen-bond acceptors (Lipinski definition) is 2. The van der Waals surface area contributed by atoms with E-state index in [1.165, 1.54) is 25.7 Å². The first kappa shape index (κ1) is 10.9. The van der Waals surface area contributed by atoms with Crippen molar-refractivity contribution in [3.63, 3.8) is 0 Å². The molecule has 1 aliphatic carbocycles. The van der Waals surface area contributed by atoms with Crippen molar-refractivity contribution in [2.75, 3.05) is 26.7 Å². The highest BCUT2D eigenvalue weighted by Crippen LogP contribution is 2.27. The van der Waals surface area contributed by atoms with Gasteiger partial charge in [-0.25, -0.2) is 0 Å². The summed E-state index contributed by atoms with van der Waals surface area (Å²) in [5.74, 6) is 1.18. The fourth-order valence-corrected chi connectivity index (χ4v) is 2.70. The standard InChI is InChI=1S/C12H22N2O/c1-10-3-5-11(6-4-10)14-8-7-13(2)12(15)9-14/h10-11H,3-9H2,1-2H3/t10-,11+. The third-order valence-electron chi connectivity index (χ3n) is 3.99. The highest BCUT2D eigenvalue weighted by molar-refractivity contribution is 5.78. The van der Waals surface area contributed by atoms with Crippen molar-refractivity contribution < 1.29 is 4.79 Å². The number of rotatable bonds is 1. The zero-order valence-electron chi connectivity index (χ0n) is 9.91. The first-order valence-corrected chi connectivity index (χ1v) is 6.15. The van der Waals surface area contributed by atoms with Crippen LogP contribution in [0.15, 0.2) is 0 Å². The van der Waals surface area contributed by atoms with Crippen molar-refractivity contribution in [3.8, 4) is 0 Å². The van der Waals surface area contributed by atoms with Crippen molar-refractivity contribution in [2.45, 2.75) is 38.6 Å². The molecule has 1 saturated heterocycles. The van der Waals surface area contributed by atoms with E-state index in [2.05, 4.69) is 11.8 Å². The highest BCUT2D eigenvalue weighted by atomic mass is 16.2. The SMILES string of the molecule is CN1CCN([C@H]2CC[C@@H](C)CC2)CC1=O. The number of amides is 1. The minimum absolute atomic E-state index is 0.292. The van der Waals surface area contributed by atoms with Crippen LogP contribution in [0.1, 0.15) is 32.6 Å². The Bertz CT molecular complexity index is 234. The Morgan fingerprint density at radius 3 is 2.40 bits per heavy atom. The first-order valence-electron chi connectivity index (χ1n) is 6.15. The Balaban J connectivity index is 1.86. The maximum atomic E-state index is 11.6. The van der Waals surface area contributed by atoms with Crippen LogP contribution < -0.4 is 0 Å². The van der Waals surface area contributed by atoms with Crippen molar-refractivity contribution in [1.29, 1.82) is 0 Å². The lowest BCUT2D eigenvalue weighted by Gasteiger charge is -2.40. The van der Waals surface area contributed by atoms with Gasteiger partial charge in [0.25, 0.3) is 0 Å². The number of carbonyl (C=O) groups excluding carboxylic acids is 1. The molecule has 3 heteroatoms. The van der Waals surface area contributed by atoms with Crippen molar-refractivity contribution in [1.82, 2.24) is 9.80 Å². The predicted octanol–water partition coefficient (Wildman–Crippen LogP) is 1.34. The molecule has 0 aromatic rings. The Kier molecular flexibility index (Phi) is 3.29. The van der Waals surface area contributed by atoms with Gasteiger partial charge in [0.05, 0.1) is 6.54 Å². The van der Waals surface area contributed by atoms with Gasteiger partial charge in [-0.3, -0.25) is 9.69 Å². The van der Waals surface area contributed by atoms with E-state index in [-0.39, 0.29) is 0 Å². The molecular weight excluding hydrogens is 188 g/mol. The van der Waals surface area contributed by atoms with Gasteiger partial charge in [-0.15, -0.1) is 0 Å². The van der Waals surface area contributed by atoms with Crippen LogP contribution in [-0.4, -0.2) is 48.4 Å². The number of hydrogen-bond donors (Lipinski definition) is 0. The zero-order valence-corrected chi connectivity index (χ0v) is 9.91. The van der Waals surface area contributed by atoms with Crippen LogP contribution in [0.2, 0.25) is 0 Å². The molecule has 15 heavy (non-hydrogen) atoms. The predicted molar refractivity (Wildman–Crippen MR) is 60.6 cm³/mol. The van der Waals surface area contributed by atoms with E-state index in [1.807, 2.05) is 11.9 Å². The molecule has 2 rings (SSSR count). The van der Waals surface area contributed by atoms with Crippen LogP contribution in [0.3, 0.4) is 0 Å². The van der Waals surface area contributed by atoms with E-state index in [0.717, 1.165) is 19.0 Å². The summed E-state index contributed by atoms with van der Waals surface area (Å²) in [7, 11) is 1.91. The molecule has 0 N–H and O–H groups in total. The Hall–Kier alpha value is -0.570. The van der Waals surface area contributed by atoms with Gasteiger partial charge in [-0.05, 0) is 31.6 Å². The van der Waals surface area contributed by atoms with E-state index in [4.69, 9.17) is 0 Å². The summed E-state index contributed by atoms with van der Waals surface area (Å²) < 4.78 is 0. The summed E-state index contributed by atoms with van der Waals surface area (Å²) in [5, 5.41) is 0. The lowest BCUT2D eigenvalue weighted by molar-refractivity contribution is -0.135. The first-order chi connectivity index (χ1) is 7.16. The van der Waals surface area contributed by atoms with Crippen LogP contribution in [0.25, 0.3) is 0 Å². The second-order valence-corrected chi connectivity index (χ2v) is 5.20. The van der Waals surface area contributed by atoms with Crippen LogP contribution in [0, 0.1) is 5.92 Å². The normalized spacial score (nSPS) is 34.5. The Labute approximate surface area is 92.4 Å². The fraction of sp³-hybridized carbons (Fsp3) is 0.917. The van der Waals surface area contributed by atoms with Gasteiger partial charge in [-0.2, -0.15) is 0 Å². The minimum Gasteiger partial charge on any atom is -0.343 e.